The predicted octanol–water partition coefficient (Wildman–Crippen LogP) is 4.65. The van der Waals surface area contributed by atoms with Gasteiger partial charge in [0.05, 0.1) is 23.8 Å². The predicted molar refractivity (Wildman–Crippen MR) is 123 cm³/mol. The van der Waals surface area contributed by atoms with Gasteiger partial charge in [0.2, 0.25) is 0 Å². The summed E-state index contributed by atoms with van der Waals surface area (Å²) >= 11 is 0. The first-order valence-electron chi connectivity index (χ1n) is 11.1. The van der Waals surface area contributed by atoms with Gasteiger partial charge < -0.3 is 10.4 Å². The molecule has 166 valence electrons. The molecule has 0 saturated carbocycles. The summed E-state index contributed by atoms with van der Waals surface area (Å²) in [6.45, 7) is 2.13. The van der Waals surface area contributed by atoms with E-state index in [-0.39, 0.29) is 18.5 Å². The van der Waals surface area contributed by atoms with Gasteiger partial charge in [-0.3, -0.25) is 10.1 Å². The molecule has 1 aromatic heterocycles. The van der Waals surface area contributed by atoms with Gasteiger partial charge in [-0.15, -0.1) is 0 Å². The Bertz CT molecular complexity index is 1100. The molecule has 0 bridgehead atoms. The Kier molecular flexibility index (Phi) is 6.54. The van der Waals surface area contributed by atoms with Crippen molar-refractivity contribution in [3.63, 3.8) is 0 Å². The van der Waals surface area contributed by atoms with Gasteiger partial charge in [-0.05, 0) is 54.5 Å². The van der Waals surface area contributed by atoms with E-state index in [9.17, 15) is 9.59 Å². The van der Waals surface area contributed by atoms with Crippen molar-refractivity contribution in [1.29, 1.82) is 0 Å². The number of aryl methyl sites for hydroxylation is 2. The average Bonchev–Trinajstić information content (AvgIpc) is 3.36. The van der Waals surface area contributed by atoms with E-state index in [1.807, 2.05) is 30.3 Å². The van der Waals surface area contributed by atoms with Crippen LogP contribution in [0.1, 0.15) is 54.6 Å². The number of carboxylic acid groups (broad SMARTS) is 1. The van der Waals surface area contributed by atoms with Crippen LogP contribution in [0.2, 0.25) is 0 Å². The van der Waals surface area contributed by atoms with E-state index in [4.69, 9.17) is 5.11 Å². The van der Waals surface area contributed by atoms with Crippen LogP contribution in [0.15, 0.2) is 54.6 Å². The van der Waals surface area contributed by atoms with Crippen LogP contribution in [-0.2, 0) is 24.1 Å². The van der Waals surface area contributed by atoms with Gasteiger partial charge in [0.1, 0.15) is 5.82 Å². The number of carboxylic acids is 1. The number of nitrogens with one attached hydrogen (secondary N) is 2. The Morgan fingerprint density at radius 1 is 1.16 bits per heavy atom. The van der Waals surface area contributed by atoms with E-state index < -0.39 is 5.97 Å². The van der Waals surface area contributed by atoms with E-state index in [0.717, 1.165) is 43.5 Å². The van der Waals surface area contributed by atoms with Crippen LogP contribution in [0.3, 0.4) is 0 Å². The number of aromatic nitrogens is 2. The molecule has 0 saturated heterocycles. The highest BCUT2D eigenvalue weighted by Crippen LogP contribution is 2.30. The number of fused-ring (bicyclic) bond motifs is 1. The minimum Gasteiger partial charge on any atom is -0.481 e. The smallest absolute Gasteiger partial charge is 0.320 e. The fourth-order valence-corrected chi connectivity index (χ4v) is 4.14. The van der Waals surface area contributed by atoms with Crippen molar-refractivity contribution in [1.82, 2.24) is 15.1 Å². The fraction of sp³-hybridized carbons (Fsp3) is 0.320. The zero-order chi connectivity index (χ0) is 22.5. The molecule has 0 radical (unpaired) electrons. The minimum absolute atomic E-state index is 0.00237. The maximum atomic E-state index is 12.8. The molecule has 3 N–H and O–H groups in total. The Labute approximate surface area is 187 Å². The number of benzene rings is 2. The van der Waals surface area contributed by atoms with Gasteiger partial charge in [0, 0.05) is 6.07 Å². The molecule has 0 fully saturated rings. The Hall–Kier alpha value is -3.61. The van der Waals surface area contributed by atoms with Gasteiger partial charge in [-0.1, -0.05) is 49.7 Å². The van der Waals surface area contributed by atoms with Crippen LogP contribution in [0.5, 0.6) is 0 Å². The number of urea groups is 1. The number of rotatable bonds is 8. The lowest BCUT2D eigenvalue weighted by Crippen LogP contribution is -2.32. The number of nitrogens with zero attached hydrogens (tertiary/aromatic N) is 2. The summed E-state index contributed by atoms with van der Waals surface area (Å²) in [6.07, 6.45) is 4.71. The maximum absolute atomic E-state index is 12.8. The first kappa shape index (κ1) is 21.6. The third kappa shape index (κ3) is 4.99. The van der Waals surface area contributed by atoms with Gasteiger partial charge in [0.25, 0.3) is 0 Å². The highest BCUT2D eigenvalue weighted by molar-refractivity contribution is 5.89. The van der Waals surface area contributed by atoms with Crippen molar-refractivity contribution in [2.75, 3.05) is 5.32 Å². The molecular formula is C25H28N4O3. The molecule has 2 aromatic carbocycles. The number of carbonyl (C=O) groups excluding carboxylic acids is 1. The molecule has 0 spiro atoms. The number of carbonyl (C=O) groups is 2. The van der Waals surface area contributed by atoms with Crippen molar-refractivity contribution in [3.05, 3.63) is 77.0 Å². The highest BCUT2D eigenvalue weighted by atomic mass is 16.4. The van der Waals surface area contributed by atoms with Crippen molar-refractivity contribution in [3.8, 4) is 5.69 Å². The molecule has 4 rings (SSSR count). The summed E-state index contributed by atoms with van der Waals surface area (Å²) in [4.78, 5) is 23.8. The first-order chi connectivity index (χ1) is 15.5. The maximum Gasteiger partial charge on any atom is 0.320 e. The number of hydrogen-bond acceptors (Lipinski definition) is 3. The van der Waals surface area contributed by atoms with E-state index in [0.29, 0.717) is 11.4 Å². The van der Waals surface area contributed by atoms with Crippen molar-refractivity contribution >= 4 is 17.8 Å². The summed E-state index contributed by atoms with van der Waals surface area (Å²) in [6, 6.07) is 17.0. The lowest BCUT2D eigenvalue weighted by molar-refractivity contribution is -0.136. The molecule has 1 heterocycles. The lowest BCUT2D eigenvalue weighted by atomic mass is 10.1. The number of anilines is 1. The zero-order valence-electron chi connectivity index (χ0n) is 18.2. The summed E-state index contributed by atoms with van der Waals surface area (Å²) in [5, 5.41) is 19.7. The van der Waals surface area contributed by atoms with Crippen LogP contribution in [-0.4, -0.2) is 26.9 Å². The fourth-order valence-electron chi connectivity index (χ4n) is 4.14. The summed E-state index contributed by atoms with van der Waals surface area (Å²) in [5.74, 6) is -0.280. The van der Waals surface area contributed by atoms with Crippen LogP contribution in [0, 0.1) is 0 Å². The van der Waals surface area contributed by atoms with Crippen molar-refractivity contribution in [2.45, 2.75) is 51.5 Å². The molecule has 7 nitrogen and oxygen atoms in total. The van der Waals surface area contributed by atoms with Gasteiger partial charge in [-0.2, -0.15) is 5.10 Å². The normalized spacial score (nSPS) is 14.7. The largest absolute Gasteiger partial charge is 0.481 e. The molecule has 0 aliphatic heterocycles. The van der Waals surface area contributed by atoms with Crippen LogP contribution >= 0.6 is 0 Å². The van der Waals surface area contributed by atoms with E-state index in [1.54, 1.807) is 16.8 Å². The molecule has 1 atom stereocenters. The summed E-state index contributed by atoms with van der Waals surface area (Å²) in [7, 11) is 0. The third-order valence-electron chi connectivity index (χ3n) is 5.76. The second-order valence-electron chi connectivity index (χ2n) is 8.16. The molecule has 2 amide bonds. The molecule has 32 heavy (non-hydrogen) atoms. The molecule has 1 unspecified atom stereocenters. The third-order valence-corrected chi connectivity index (χ3v) is 5.76. The second-order valence-corrected chi connectivity index (χ2v) is 8.16. The average molecular weight is 433 g/mol. The Morgan fingerprint density at radius 3 is 2.69 bits per heavy atom. The van der Waals surface area contributed by atoms with Crippen molar-refractivity contribution in [2.24, 2.45) is 0 Å². The molecule has 7 heteroatoms. The van der Waals surface area contributed by atoms with Gasteiger partial charge in [0.15, 0.2) is 0 Å². The molecule has 1 aliphatic rings. The standard InChI is InChI=1S/C25H28N4O3/c1-2-3-7-19-16-23(29(28-19)20-12-9-17(10-13-20)15-24(30)31)27-25(32)26-22-14-11-18-6-4-5-8-21(18)22/h4-6,8-10,12-13,16,22H,2-3,7,11,14-15H2,1H3,(H,30,31)(H2,26,27,32). The van der Waals surface area contributed by atoms with E-state index in [2.05, 4.69) is 34.8 Å². The molecular weight excluding hydrogens is 404 g/mol. The Balaban J connectivity index is 1.52. The highest BCUT2D eigenvalue weighted by Gasteiger charge is 2.24. The quantitative estimate of drug-likeness (QED) is 0.483. The van der Waals surface area contributed by atoms with Gasteiger partial charge in [-0.25, -0.2) is 9.48 Å². The monoisotopic (exact) mass is 432 g/mol. The second kappa shape index (κ2) is 9.68. The number of amides is 2. The minimum atomic E-state index is -0.869. The van der Waals surface area contributed by atoms with Gasteiger partial charge >= 0.3 is 12.0 Å². The van der Waals surface area contributed by atoms with Crippen molar-refractivity contribution < 1.29 is 14.7 Å². The SMILES string of the molecule is CCCCc1cc(NC(=O)NC2CCc3ccccc32)n(-c2ccc(CC(=O)O)cc2)n1. The van der Waals surface area contributed by atoms with Crippen LogP contribution < -0.4 is 10.6 Å². The van der Waals surface area contributed by atoms with E-state index in [1.165, 1.54) is 11.1 Å². The van der Waals surface area contributed by atoms with Crippen LogP contribution in [0.25, 0.3) is 5.69 Å². The lowest BCUT2D eigenvalue weighted by Gasteiger charge is -2.15. The topological polar surface area (TPSA) is 96.2 Å². The number of aliphatic carboxylic acids is 1. The van der Waals surface area contributed by atoms with Crippen LogP contribution in [0.4, 0.5) is 10.6 Å². The summed E-state index contributed by atoms with van der Waals surface area (Å²) < 4.78 is 1.71. The Morgan fingerprint density at radius 2 is 1.94 bits per heavy atom. The number of unbranched alkanes of at least 4 members (excludes halogenated alkanes) is 1. The zero-order valence-corrected chi connectivity index (χ0v) is 18.2. The summed E-state index contributed by atoms with van der Waals surface area (Å²) in [5.41, 5.74) is 4.85. The number of hydrogen-bond donors (Lipinski definition) is 3. The van der Waals surface area contributed by atoms with E-state index >= 15 is 0 Å². The molecule has 1 aliphatic carbocycles. The molecule has 3 aromatic rings. The first-order valence-corrected chi connectivity index (χ1v) is 11.1.